The normalized spacial score (nSPS) is 12.9. The molecule has 2 unspecified atom stereocenters. The minimum atomic E-state index is -1.09. The van der Waals surface area contributed by atoms with E-state index in [-0.39, 0.29) is 28.1 Å². The molecule has 138 valence electrons. The number of nitrogens with one attached hydrogen (secondary N) is 2. The van der Waals surface area contributed by atoms with Crippen LogP contribution in [-0.4, -0.2) is 28.9 Å². The van der Waals surface area contributed by atoms with E-state index in [1.807, 2.05) is 6.92 Å². The minimum Gasteiger partial charge on any atom is -0.480 e. The lowest BCUT2D eigenvalue weighted by Gasteiger charge is -2.20. The Morgan fingerprint density at radius 1 is 1.23 bits per heavy atom. The highest BCUT2D eigenvalue weighted by Crippen LogP contribution is 2.24. The van der Waals surface area contributed by atoms with Crippen molar-refractivity contribution in [1.29, 1.82) is 0 Å². The molecule has 1 heterocycles. The van der Waals surface area contributed by atoms with E-state index in [9.17, 15) is 19.5 Å². The van der Waals surface area contributed by atoms with Gasteiger partial charge < -0.3 is 15.7 Å². The van der Waals surface area contributed by atoms with Gasteiger partial charge in [-0.2, -0.15) is 0 Å². The van der Waals surface area contributed by atoms with Gasteiger partial charge in [0, 0.05) is 5.56 Å². The Kier molecular flexibility index (Phi) is 6.76. The summed E-state index contributed by atoms with van der Waals surface area (Å²) >= 11 is 7.38. The molecule has 2 amide bonds. The molecule has 3 N–H and O–H groups in total. The molecule has 0 fully saturated rings. The van der Waals surface area contributed by atoms with E-state index >= 15 is 0 Å². The lowest BCUT2D eigenvalue weighted by molar-refractivity contribution is -0.140. The highest BCUT2D eigenvalue weighted by molar-refractivity contribution is 7.12. The second kappa shape index (κ2) is 8.82. The van der Waals surface area contributed by atoms with E-state index in [4.69, 9.17) is 11.6 Å². The van der Waals surface area contributed by atoms with Crippen LogP contribution in [0.4, 0.5) is 5.69 Å². The lowest BCUT2D eigenvalue weighted by atomic mass is 9.99. The number of benzene rings is 1. The van der Waals surface area contributed by atoms with Gasteiger partial charge in [0.25, 0.3) is 11.8 Å². The molecule has 0 saturated heterocycles. The quantitative estimate of drug-likeness (QED) is 0.664. The smallest absolute Gasteiger partial charge is 0.326 e. The largest absolute Gasteiger partial charge is 0.480 e. The first-order valence-electron chi connectivity index (χ1n) is 8.01. The Hall–Kier alpha value is -2.38. The third kappa shape index (κ3) is 4.83. The summed E-state index contributed by atoms with van der Waals surface area (Å²) in [5, 5.41) is 16.5. The SMILES string of the molecule is CCC(C)C(NC(=O)c1ccc(Cl)c(NC(=O)c2cccs2)c1)C(=O)O. The first kappa shape index (κ1) is 19.9. The molecule has 1 aromatic carbocycles. The fourth-order valence-corrected chi connectivity index (χ4v) is 3.05. The van der Waals surface area contributed by atoms with Gasteiger partial charge in [-0.15, -0.1) is 11.3 Å². The molecule has 2 aromatic rings. The molecule has 0 saturated carbocycles. The number of hydrogen-bond donors (Lipinski definition) is 3. The van der Waals surface area contributed by atoms with Gasteiger partial charge in [-0.3, -0.25) is 9.59 Å². The highest BCUT2D eigenvalue weighted by Gasteiger charge is 2.26. The number of hydrogen-bond acceptors (Lipinski definition) is 4. The third-order valence-corrected chi connectivity index (χ3v) is 5.19. The van der Waals surface area contributed by atoms with E-state index in [1.165, 1.54) is 29.5 Å². The third-order valence-electron chi connectivity index (χ3n) is 3.99. The number of rotatable bonds is 7. The van der Waals surface area contributed by atoms with Gasteiger partial charge in [0.1, 0.15) is 6.04 Å². The molecule has 0 radical (unpaired) electrons. The summed E-state index contributed by atoms with van der Waals surface area (Å²) in [5.41, 5.74) is 0.499. The monoisotopic (exact) mass is 394 g/mol. The molecule has 0 aliphatic rings. The van der Waals surface area contributed by atoms with Crippen LogP contribution in [0.3, 0.4) is 0 Å². The van der Waals surface area contributed by atoms with Crippen LogP contribution >= 0.6 is 22.9 Å². The summed E-state index contributed by atoms with van der Waals surface area (Å²) in [5.74, 6) is -2.18. The Morgan fingerprint density at radius 2 is 1.96 bits per heavy atom. The first-order chi connectivity index (χ1) is 12.3. The predicted octanol–water partition coefficient (Wildman–Crippen LogP) is 3.88. The molecule has 0 aliphatic carbocycles. The van der Waals surface area contributed by atoms with Crippen molar-refractivity contribution in [2.45, 2.75) is 26.3 Å². The number of carboxylic acid groups (broad SMARTS) is 1. The van der Waals surface area contributed by atoms with Crippen molar-refractivity contribution < 1.29 is 19.5 Å². The molecule has 0 bridgehead atoms. The second-order valence-electron chi connectivity index (χ2n) is 5.80. The molecular formula is C18H19ClN2O4S. The molecule has 6 nitrogen and oxygen atoms in total. The molecule has 0 aliphatic heterocycles. The lowest BCUT2D eigenvalue weighted by Crippen LogP contribution is -2.45. The standard InChI is InChI=1S/C18H19ClN2O4S/c1-3-10(2)15(18(24)25)21-16(22)11-6-7-12(19)13(9-11)20-17(23)14-5-4-8-26-14/h4-10,15H,3H2,1-2H3,(H,20,23)(H,21,22)(H,24,25). The summed E-state index contributed by atoms with van der Waals surface area (Å²) in [6.07, 6.45) is 0.611. The summed E-state index contributed by atoms with van der Waals surface area (Å²) < 4.78 is 0. The maximum atomic E-state index is 12.4. The van der Waals surface area contributed by atoms with E-state index in [2.05, 4.69) is 10.6 Å². The van der Waals surface area contributed by atoms with Crippen LogP contribution in [0.15, 0.2) is 35.7 Å². The zero-order valence-corrected chi connectivity index (χ0v) is 15.9. The summed E-state index contributed by atoms with van der Waals surface area (Å²) in [4.78, 5) is 36.5. The molecular weight excluding hydrogens is 376 g/mol. The Morgan fingerprint density at radius 3 is 2.54 bits per heavy atom. The van der Waals surface area contributed by atoms with Gasteiger partial charge in [0.15, 0.2) is 0 Å². The molecule has 0 spiro atoms. The van der Waals surface area contributed by atoms with Gasteiger partial charge in [0.05, 0.1) is 15.6 Å². The van der Waals surface area contributed by atoms with Gasteiger partial charge in [-0.1, -0.05) is 37.9 Å². The van der Waals surface area contributed by atoms with Crippen molar-refractivity contribution in [3.63, 3.8) is 0 Å². The van der Waals surface area contributed by atoms with E-state index < -0.39 is 17.9 Å². The number of carboxylic acids is 1. The van der Waals surface area contributed by atoms with Crippen molar-refractivity contribution in [3.8, 4) is 0 Å². The number of carbonyl (C=O) groups excluding carboxylic acids is 2. The van der Waals surface area contributed by atoms with Crippen LogP contribution in [0, 0.1) is 5.92 Å². The number of amides is 2. The fraction of sp³-hybridized carbons (Fsp3) is 0.278. The van der Waals surface area contributed by atoms with Gasteiger partial charge in [-0.25, -0.2) is 4.79 Å². The van der Waals surface area contributed by atoms with Crippen LogP contribution in [0.2, 0.25) is 5.02 Å². The Labute approximate surface area is 160 Å². The Balaban J connectivity index is 2.18. The van der Waals surface area contributed by atoms with Crippen LogP contribution in [0.25, 0.3) is 0 Å². The number of anilines is 1. The summed E-state index contributed by atoms with van der Waals surface area (Å²) in [6.45, 7) is 3.61. The van der Waals surface area contributed by atoms with E-state index in [0.29, 0.717) is 11.3 Å². The van der Waals surface area contributed by atoms with Crippen molar-refractivity contribution in [3.05, 3.63) is 51.2 Å². The first-order valence-corrected chi connectivity index (χ1v) is 9.27. The number of aliphatic carboxylic acids is 1. The average molecular weight is 395 g/mol. The number of halogens is 1. The zero-order valence-electron chi connectivity index (χ0n) is 14.3. The highest BCUT2D eigenvalue weighted by atomic mass is 35.5. The predicted molar refractivity (Wildman–Crippen MR) is 102 cm³/mol. The van der Waals surface area contributed by atoms with Crippen molar-refractivity contribution in [2.75, 3.05) is 5.32 Å². The van der Waals surface area contributed by atoms with Crippen molar-refractivity contribution in [1.82, 2.24) is 5.32 Å². The van der Waals surface area contributed by atoms with E-state index in [1.54, 1.807) is 24.4 Å². The fourth-order valence-electron chi connectivity index (χ4n) is 2.26. The van der Waals surface area contributed by atoms with E-state index in [0.717, 1.165) is 0 Å². The summed E-state index contributed by atoms with van der Waals surface area (Å²) in [6, 6.07) is 6.83. The van der Waals surface area contributed by atoms with Gasteiger partial charge in [-0.05, 0) is 35.6 Å². The van der Waals surface area contributed by atoms with Crippen LogP contribution in [-0.2, 0) is 4.79 Å². The molecule has 26 heavy (non-hydrogen) atoms. The average Bonchev–Trinajstić information content (AvgIpc) is 3.15. The van der Waals surface area contributed by atoms with Gasteiger partial charge >= 0.3 is 5.97 Å². The molecule has 8 heteroatoms. The van der Waals surface area contributed by atoms with Crippen LogP contribution < -0.4 is 10.6 Å². The van der Waals surface area contributed by atoms with Crippen LogP contribution in [0.1, 0.15) is 40.3 Å². The maximum Gasteiger partial charge on any atom is 0.326 e. The number of thiophene rings is 1. The minimum absolute atomic E-state index is 0.213. The van der Waals surface area contributed by atoms with Crippen molar-refractivity contribution in [2.24, 2.45) is 5.92 Å². The Bertz CT molecular complexity index is 808. The van der Waals surface area contributed by atoms with Crippen molar-refractivity contribution >= 4 is 46.4 Å². The zero-order chi connectivity index (χ0) is 19.3. The van der Waals surface area contributed by atoms with Gasteiger partial charge in [0.2, 0.25) is 0 Å². The molecule has 2 atom stereocenters. The maximum absolute atomic E-state index is 12.4. The molecule has 1 aromatic heterocycles. The van der Waals surface area contributed by atoms with Crippen LogP contribution in [0.5, 0.6) is 0 Å². The summed E-state index contributed by atoms with van der Waals surface area (Å²) in [7, 11) is 0. The topological polar surface area (TPSA) is 95.5 Å². The number of carbonyl (C=O) groups is 3. The molecule has 2 rings (SSSR count). The second-order valence-corrected chi connectivity index (χ2v) is 7.16.